The molecule has 1 heterocycles. The molecule has 1 rings (SSSR count). The molecule has 0 saturated heterocycles. The summed E-state index contributed by atoms with van der Waals surface area (Å²) in [7, 11) is 0. The third kappa shape index (κ3) is 1.95. The van der Waals surface area contributed by atoms with Crippen LogP contribution in [-0.2, 0) is 0 Å². The number of hydrogen-bond acceptors (Lipinski definition) is 2. The lowest BCUT2D eigenvalue weighted by Crippen LogP contribution is -2.06. The van der Waals surface area contributed by atoms with Crippen molar-refractivity contribution < 1.29 is 23.1 Å². The molecule has 0 aliphatic heterocycles. The predicted octanol–water partition coefficient (Wildman–Crippen LogP) is 2.51. The van der Waals surface area contributed by atoms with E-state index in [2.05, 4.69) is 4.98 Å². The van der Waals surface area contributed by atoms with Gasteiger partial charge >= 0.3 is 5.97 Å². The van der Waals surface area contributed by atoms with Crippen molar-refractivity contribution >= 4 is 17.6 Å². The third-order valence-corrected chi connectivity index (χ3v) is 1.64. The monoisotopic (exact) mass is 225 g/mol. The van der Waals surface area contributed by atoms with Crippen molar-refractivity contribution in [2.75, 3.05) is 0 Å². The largest absolute Gasteiger partial charge is 0.477 e. The minimum Gasteiger partial charge on any atom is -0.477 e. The fraction of sp³-hybridized carbons (Fsp3) is 0.143. The van der Waals surface area contributed by atoms with Gasteiger partial charge in [0.05, 0.1) is 5.02 Å². The van der Waals surface area contributed by atoms with Crippen LogP contribution in [0.5, 0.6) is 0 Å². The Kier molecular flexibility index (Phi) is 2.95. The molecule has 14 heavy (non-hydrogen) atoms. The number of halogens is 4. The lowest BCUT2D eigenvalue weighted by molar-refractivity contribution is 0.0688. The second-order valence-corrected chi connectivity index (χ2v) is 2.70. The number of carboxylic acid groups (broad SMARTS) is 1. The number of carbonyl (C=O) groups is 1. The van der Waals surface area contributed by atoms with E-state index in [1.807, 2.05) is 0 Å². The van der Waals surface area contributed by atoms with Crippen LogP contribution in [-0.4, -0.2) is 16.1 Å². The molecule has 1 aromatic heterocycles. The molecule has 0 atom stereocenters. The van der Waals surface area contributed by atoms with Crippen molar-refractivity contribution in [3.8, 4) is 0 Å². The molecular formula is C7H3ClF3NO2. The lowest BCUT2D eigenvalue weighted by Gasteiger charge is -2.03. The van der Waals surface area contributed by atoms with Gasteiger partial charge in [-0.15, -0.1) is 0 Å². The minimum absolute atomic E-state index is 0.672. The smallest absolute Gasteiger partial charge is 0.354 e. The number of alkyl halides is 2. The maximum Gasteiger partial charge on any atom is 0.354 e. The lowest BCUT2D eigenvalue weighted by atomic mass is 10.3. The minimum atomic E-state index is -3.20. The van der Waals surface area contributed by atoms with E-state index in [0.29, 0.717) is 6.07 Å². The van der Waals surface area contributed by atoms with Crippen LogP contribution in [0.1, 0.15) is 22.6 Å². The molecule has 1 N–H and O–H groups in total. The molecule has 0 radical (unpaired) electrons. The Hall–Kier alpha value is -1.30. The number of hydrogen-bond donors (Lipinski definition) is 1. The molecular weight excluding hydrogens is 223 g/mol. The average Bonchev–Trinajstić information content (AvgIpc) is 2.08. The Morgan fingerprint density at radius 3 is 2.57 bits per heavy atom. The first kappa shape index (κ1) is 10.8. The van der Waals surface area contributed by atoms with Crippen LogP contribution in [0, 0.1) is 5.82 Å². The highest BCUT2D eigenvalue weighted by atomic mass is 35.5. The number of nitrogens with zero attached hydrogens (tertiary/aromatic N) is 1. The van der Waals surface area contributed by atoms with E-state index < -0.39 is 34.6 Å². The molecule has 0 aromatic carbocycles. The van der Waals surface area contributed by atoms with Crippen molar-refractivity contribution in [3.05, 3.63) is 28.3 Å². The molecule has 0 aliphatic carbocycles. The maximum atomic E-state index is 12.8. The summed E-state index contributed by atoms with van der Waals surface area (Å²) in [6, 6.07) is 0.672. The summed E-state index contributed by atoms with van der Waals surface area (Å²) in [6.07, 6.45) is -3.20. The van der Waals surface area contributed by atoms with Gasteiger partial charge in [-0.05, 0) is 6.07 Å². The first-order valence-electron chi connectivity index (χ1n) is 3.31. The van der Waals surface area contributed by atoms with Crippen molar-refractivity contribution in [1.29, 1.82) is 0 Å². The molecule has 7 heteroatoms. The molecule has 1 aromatic rings. The van der Waals surface area contributed by atoms with Crippen LogP contribution in [0.4, 0.5) is 13.2 Å². The van der Waals surface area contributed by atoms with E-state index in [1.165, 1.54) is 0 Å². The zero-order valence-corrected chi connectivity index (χ0v) is 7.23. The van der Waals surface area contributed by atoms with E-state index in [1.54, 1.807) is 0 Å². The summed E-state index contributed by atoms with van der Waals surface area (Å²) in [5.74, 6) is -2.94. The van der Waals surface area contributed by atoms with Crippen molar-refractivity contribution in [1.82, 2.24) is 4.98 Å². The Balaban J connectivity index is 3.35. The maximum absolute atomic E-state index is 12.8. The van der Waals surface area contributed by atoms with Crippen LogP contribution in [0.25, 0.3) is 0 Å². The van der Waals surface area contributed by atoms with Crippen molar-refractivity contribution in [2.24, 2.45) is 0 Å². The molecule has 0 amide bonds. The van der Waals surface area contributed by atoms with E-state index in [0.717, 1.165) is 0 Å². The Bertz CT molecular complexity index is 383. The predicted molar refractivity (Wildman–Crippen MR) is 41.1 cm³/mol. The quantitative estimate of drug-likeness (QED) is 0.841. The zero-order valence-electron chi connectivity index (χ0n) is 6.47. The standard InChI is InChI=1S/C7H3ClF3NO2/c8-2-1-3(7(13)14)12-5(4(2)9)6(10)11/h1,6H,(H,13,14). The molecule has 0 bridgehead atoms. The summed E-state index contributed by atoms with van der Waals surface area (Å²) in [4.78, 5) is 13.3. The van der Waals surface area contributed by atoms with Gasteiger partial charge in [0.25, 0.3) is 6.43 Å². The first-order valence-corrected chi connectivity index (χ1v) is 3.68. The Labute approximate surface area is 81.1 Å². The van der Waals surface area contributed by atoms with Gasteiger partial charge < -0.3 is 5.11 Å². The fourth-order valence-electron chi connectivity index (χ4n) is 0.771. The molecule has 76 valence electrons. The van der Waals surface area contributed by atoms with Crippen LogP contribution < -0.4 is 0 Å². The zero-order chi connectivity index (χ0) is 10.9. The Morgan fingerprint density at radius 2 is 2.14 bits per heavy atom. The highest BCUT2D eigenvalue weighted by Gasteiger charge is 2.21. The van der Waals surface area contributed by atoms with Gasteiger partial charge in [0.2, 0.25) is 0 Å². The molecule has 0 saturated carbocycles. The first-order chi connectivity index (χ1) is 6.43. The van der Waals surface area contributed by atoms with Crippen LogP contribution in [0.15, 0.2) is 6.07 Å². The number of pyridine rings is 1. The molecule has 0 unspecified atom stereocenters. The highest BCUT2D eigenvalue weighted by molar-refractivity contribution is 6.31. The van der Waals surface area contributed by atoms with Gasteiger partial charge in [-0.2, -0.15) is 0 Å². The summed E-state index contributed by atoms with van der Waals surface area (Å²) in [6.45, 7) is 0. The van der Waals surface area contributed by atoms with Gasteiger partial charge in [0.1, 0.15) is 11.4 Å². The second-order valence-electron chi connectivity index (χ2n) is 2.29. The number of aromatic carboxylic acids is 1. The van der Waals surface area contributed by atoms with E-state index >= 15 is 0 Å². The third-order valence-electron chi connectivity index (χ3n) is 1.36. The molecule has 0 fully saturated rings. The van der Waals surface area contributed by atoms with Crippen molar-refractivity contribution in [2.45, 2.75) is 6.43 Å². The fourth-order valence-corrected chi connectivity index (χ4v) is 0.971. The van der Waals surface area contributed by atoms with Gasteiger partial charge in [0, 0.05) is 0 Å². The normalized spacial score (nSPS) is 10.6. The molecule has 3 nitrogen and oxygen atoms in total. The summed E-state index contributed by atoms with van der Waals surface area (Å²) in [5.41, 5.74) is -1.97. The van der Waals surface area contributed by atoms with Gasteiger partial charge in [-0.25, -0.2) is 22.9 Å². The SMILES string of the molecule is O=C(O)c1cc(Cl)c(F)c(C(F)F)n1. The second kappa shape index (κ2) is 3.83. The van der Waals surface area contributed by atoms with Crippen LogP contribution in [0.3, 0.4) is 0 Å². The average molecular weight is 226 g/mol. The molecule has 0 aliphatic rings. The van der Waals surface area contributed by atoms with E-state index in [4.69, 9.17) is 16.7 Å². The topological polar surface area (TPSA) is 50.2 Å². The van der Waals surface area contributed by atoms with Gasteiger partial charge in [-0.3, -0.25) is 0 Å². The van der Waals surface area contributed by atoms with Gasteiger partial charge in [-0.1, -0.05) is 11.6 Å². The number of carboxylic acids is 1. The van der Waals surface area contributed by atoms with Crippen LogP contribution in [0.2, 0.25) is 5.02 Å². The molecule has 0 spiro atoms. The number of aromatic nitrogens is 1. The Morgan fingerprint density at radius 1 is 1.57 bits per heavy atom. The van der Waals surface area contributed by atoms with Crippen LogP contribution >= 0.6 is 11.6 Å². The van der Waals surface area contributed by atoms with E-state index in [-0.39, 0.29) is 0 Å². The van der Waals surface area contributed by atoms with Gasteiger partial charge in [0.15, 0.2) is 5.82 Å². The number of rotatable bonds is 2. The van der Waals surface area contributed by atoms with E-state index in [9.17, 15) is 18.0 Å². The summed E-state index contributed by atoms with van der Waals surface area (Å²) >= 11 is 5.20. The highest BCUT2D eigenvalue weighted by Crippen LogP contribution is 2.25. The summed E-state index contributed by atoms with van der Waals surface area (Å²) in [5, 5.41) is 7.73. The van der Waals surface area contributed by atoms with Crippen molar-refractivity contribution in [3.63, 3.8) is 0 Å². The summed E-state index contributed by atoms with van der Waals surface area (Å²) < 4.78 is 37.0.